The summed E-state index contributed by atoms with van der Waals surface area (Å²) in [5, 5.41) is 11.6. The third kappa shape index (κ3) is 2.99. The minimum absolute atomic E-state index is 0.0382. The van der Waals surface area contributed by atoms with Crippen molar-refractivity contribution in [2.75, 3.05) is 0 Å². The van der Waals surface area contributed by atoms with Gasteiger partial charge in [-0.3, -0.25) is 9.98 Å². The molecule has 0 atom stereocenters. The lowest BCUT2D eigenvalue weighted by Crippen LogP contribution is -1.84. The first-order valence-corrected chi connectivity index (χ1v) is 6.96. The highest BCUT2D eigenvalue weighted by molar-refractivity contribution is 6.36. The number of nitrogens with zero attached hydrogens (tertiary/aromatic N) is 2. The van der Waals surface area contributed by atoms with Crippen molar-refractivity contribution in [3.63, 3.8) is 0 Å². The van der Waals surface area contributed by atoms with Gasteiger partial charge in [0.1, 0.15) is 5.75 Å². The molecule has 3 nitrogen and oxygen atoms in total. The molecule has 21 heavy (non-hydrogen) atoms. The zero-order valence-corrected chi connectivity index (χ0v) is 12.3. The highest BCUT2D eigenvalue weighted by Crippen LogP contribution is 2.30. The average molecular weight is 317 g/mol. The third-order valence-electron chi connectivity index (χ3n) is 3.00. The molecule has 3 aromatic rings. The molecular formula is C16H10Cl2N2O. The number of phenolic OH excluding ortho intramolecular Hbond substituents is 1. The molecule has 0 aliphatic heterocycles. The van der Waals surface area contributed by atoms with E-state index in [1.165, 1.54) is 12.3 Å². The van der Waals surface area contributed by atoms with Crippen molar-refractivity contribution in [1.29, 1.82) is 0 Å². The van der Waals surface area contributed by atoms with Crippen LogP contribution in [0.3, 0.4) is 0 Å². The van der Waals surface area contributed by atoms with Crippen LogP contribution in [0.15, 0.2) is 53.7 Å². The Morgan fingerprint density at radius 1 is 1.10 bits per heavy atom. The van der Waals surface area contributed by atoms with Crippen LogP contribution in [0.2, 0.25) is 10.0 Å². The van der Waals surface area contributed by atoms with Gasteiger partial charge in [-0.15, -0.1) is 0 Å². The summed E-state index contributed by atoms with van der Waals surface area (Å²) in [6.07, 6.45) is 3.26. The summed E-state index contributed by atoms with van der Waals surface area (Å²) in [5.41, 5.74) is 2.06. The number of aromatic hydroxyl groups is 1. The Hall–Kier alpha value is -2.10. The Morgan fingerprint density at radius 2 is 1.95 bits per heavy atom. The molecule has 0 spiro atoms. The lowest BCUT2D eigenvalue weighted by atomic mass is 10.2. The maximum Gasteiger partial charge on any atom is 0.143 e. The molecule has 0 fully saturated rings. The molecule has 0 bridgehead atoms. The summed E-state index contributed by atoms with van der Waals surface area (Å²) in [4.78, 5) is 8.60. The highest BCUT2D eigenvalue weighted by atomic mass is 35.5. The monoisotopic (exact) mass is 316 g/mol. The zero-order chi connectivity index (χ0) is 14.8. The molecule has 0 amide bonds. The van der Waals surface area contributed by atoms with Gasteiger partial charge in [0.15, 0.2) is 0 Å². The fourth-order valence-corrected chi connectivity index (χ4v) is 2.47. The van der Waals surface area contributed by atoms with Crippen LogP contribution in [0.25, 0.3) is 10.9 Å². The number of benzene rings is 2. The van der Waals surface area contributed by atoms with Gasteiger partial charge in [0.2, 0.25) is 0 Å². The van der Waals surface area contributed by atoms with Crippen molar-refractivity contribution in [3.8, 4) is 5.75 Å². The molecule has 5 heteroatoms. The maximum atomic E-state index is 9.88. The van der Waals surface area contributed by atoms with E-state index < -0.39 is 0 Å². The Labute approximate surface area is 131 Å². The van der Waals surface area contributed by atoms with E-state index in [9.17, 15) is 5.11 Å². The first-order chi connectivity index (χ1) is 10.1. The Morgan fingerprint density at radius 3 is 2.81 bits per heavy atom. The molecule has 1 aromatic heterocycles. The Bertz CT molecular complexity index is 847. The number of hydrogen-bond donors (Lipinski definition) is 1. The average Bonchev–Trinajstić information content (AvgIpc) is 2.49. The van der Waals surface area contributed by atoms with Crippen LogP contribution in [0.1, 0.15) is 5.56 Å². The fourth-order valence-electron chi connectivity index (χ4n) is 1.96. The number of phenols is 1. The SMILES string of the molecule is Oc1c(Cl)cc(Cl)cc1C=Nc1ccc2cccnc2c1. The van der Waals surface area contributed by atoms with Crippen molar-refractivity contribution >= 4 is 46.0 Å². The van der Waals surface area contributed by atoms with E-state index >= 15 is 0 Å². The van der Waals surface area contributed by atoms with Crippen molar-refractivity contribution in [2.45, 2.75) is 0 Å². The lowest BCUT2D eigenvalue weighted by Gasteiger charge is -2.02. The van der Waals surface area contributed by atoms with E-state index in [2.05, 4.69) is 9.98 Å². The summed E-state index contributed by atoms with van der Waals surface area (Å²) in [5.74, 6) is -0.0382. The summed E-state index contributed by atoms with van der Waals surface area (Å²) in [7, 11) is 0. The van der Waals surface area contributed by atoms with Crippen LogP contribution >= 0.6 is 23.2 Å². The van der Waals surface area contributed by atoms with E-state index in [4.69, 9.17) is 23.2 Å². The molecule has 0 aliphatic rings. The molecule has 0 aliphatic carbocycles. The second kappa shape index (κ2) is 5.72. The lowest BCUT2D eigenvalue weighted by molar-refractivity contribution is 0.475. The molecule has 1 heterocycles. The van der Waals surface area contributed by atoms with Gasteiger partial charge in [0, 0.05) is 28.4 Å². The number of fused-ring (bicyclic) bond motifs is 1. The molecule has 1 N–H and O–H groups in total. The van der Waals surface area contributed by atoms with Gasteiger partial charge in [-0.05, 0) is 30.3 Å². The van der Waals surface area contributed by atoms with Gasteiger partial charge in [0.25, 0.3) is 0 Å². The number of rotatable bonds is 2. The highest BCUT2D eigenvalue weighted by Gasteiger charge is 2.06. The van der Waals surface area contributed by atoms with Crippen molar-refractivity contribution in [2.24, 2.45) is 4.99 Å². The zero-order valence-electron chi connectivity index (χ0n) is 10.8. The van der Waals surface area contributed by atoms with Gasteiger partial charge in [0.05, 0.1) is 16.2 Å². The van der Waals surface area contributed by atoms with Crippen molar-refractivity contribution < 1.29 is 5.11 Å². The first-order valence-electron chi connectivity index (χ1n) is 6.20. The van der Waals surface area contributed by atoms with E-state index in [0.29, 0.717) is 10.6 Å². The maximum absolute atomic E-state index is 9.88. The van der Waals surface area contributed by atoms with Gasteiger partial charge in [-0.1, -0.05) is 35.3 Å². The summed E-state index contributed by atoms with van der Waals surface area (Å²) < 4.78 is 0. The molecule has 0 radical (unpaired) electrons. The molecule has 2 aromatic carbocycles. The van der Waals surface area contributed by atoms with Crippen LogP contribution in [-0.2, 0) is 0 Å². The quantitative estimate of drug-likeness (QED) is 0.676. The summed E-state index contributed by atoms with van der Waals surface area (Å²) in [6, 6.07) is 12.6. The van der Waals surface area contributed by atoms with Crippen LogP contribution in [0.5, 0.6) is 5.75 Å². The van der Waals surface area contributed by atoms with Crippen LogP contribution in [0.4, 0.5) is 5.69 Å². The van der Waals surface area contributed by atoms with E-state index in [1.807, 2.05) is 30.3 Å². The Kier molecular flexibility index (Phi) is 3.78. The van der Waals surface area contributed by atoms with Crippen molar-refractivity contribution in [1.82, 2.24) is 4.98 Å². The number of hydrogen-bond acceptors (Lipinski definition) is 3. The van der Waals surface area contributed by atoms with Crippen LogP contribution < -0.4 is 0 Å². The normalized spacial score (nSPS) is 11.3. The van der Waals surface area contributed by atoms with E-state index in [-0.39, 0.29) is 10.8 Å². The number of pyridine rings is 1. The molecular weight excluding hydrogens is 307 g/mol. The van der Waals surface area contributed by atoms with Gasteiger partial charge < -0.3 is 5.11 Å². The van der Waals surface area contributed by atoms with Gasteiger partial charge in [-0.2, -0.15) is 0 Å². The molecule has 0 saturated heterocycles. The number of halogens is 2. The Balaban J connectivity index is 1.98. The van der Waals surface area contributed by atoms with Crippen molar-refractivity contribution in [3.05, 3.63) is 64.3 Å². The molecule has 104 valence electrons. The summed E-state index contributed by atoms with van der Waals surface area (Å²) in [6.45, 7) is 0. The van der Waals surface area contributed by atoms with Gasteiger partial charge in [-0.25, -0.2) is 0 Å². The smallest absolute Gasteiger partial charge is 0.143 e. The standard InChI is InChI=1S/C16H10Cl2N2O/c17-12-6-11(16(21)14(18)7-12)9-20-13-4-3-10-2-1-5-19-15(10)8-13/h1-9,21H. The second-order valence-corrected chi connectivity index (χ2v) is 5.31. The fraction of sp³-hybridized carbons (Fsp3) is 0. The molecule has 3 rings (SSSR count). The van der Waals surface area contributed by atoms with E-state index in [0.717, 1.165) is 16.6 Å². The van der Waals surface area contributed by atoms with Crippen LogP contribution in [-0.4, -0.2) is 16.3 Å². The number of aromatic nitrogens is 1. The van der Waals surface area contributed by atoms with Gasteiger partial charge >= 0.3 is 0 Å². The number of aliphatic imine (C=N–C) groups is 1. The minimum atomic E-state index is -0.0382. The van der Waals surface area contributed by atoms with Crippen LogP contribution in [0, 0.1) is 0 Å². The largest absolute Gasteiger partial charge is 0.506 e. The predicted molar refractivity (Wildman–Crippen MR) is 87.1 cm³/mol. The summed E-state index contributed by atoms with van der Waals surface area (Å²) >= 11 is 11.8. The van der Waals surface area contributed by atoms with E-state index in [1.54, 1.807) is 12.3 Å². The topological polar surface area (TPSA) is 45.5 Å². The third-order valence-corrected chi connectivity index (χ3v) is 3.51. The molecule has 0 unspecified atom stereocenters. The second-order valence-electron chi connectivity index (χ2n) is 4.46. The first kappa shape index (κ1) is 13.9. The minimum Gasteiger partial charge on any atom is -0.506 e. The predicted octanol–water partition coefficient (Wildman–Crippen LogP) is 5.00. The molecule has 0 saturated carbocycles.